The molecule has 5 aliphatic heterocycles. The van der Waals surface area contributed by atoms with Crippen LogP contribution in [0.3, 0.4) is 0 Å². The van der Waals surface area contributed by atoms with Crippen molar-refractivity contribution in [1.82, 2.24) is 40.3 Å². The van der Waals surface area contributed by atoms with Gasteiger partial charge in [0.15, 0.2) is 5.82 Å². The molecule has 3 unspecified atom stereocenters. The summed E-state index contributed by atoms with van der Waals surface area (Å²) in [7, 11) is 0. The molecule has 16 nitrogen and oxygen atoms in total. The summed E-state index contributed by atoms with van der Waals surface area (Å²) in [5.41, 5.74) is 3.06. The number of carbonyl (C=O) groups is 5. The number of carbonyl (C=O) groups excluding carboxylic acids is 4. The number of nitrogens with one attached hydrogen (secondary N) is 2. The van der Waals surface area contributed by atoms with Gasteiger partial charge in [-0.15, -0.1) is 6.42 Å². The molecule has 3 aromatic carbocycles. The Labute approximate surface area is 379 Å². The second-order valence-electron chi connectivity index (χ2n) is 18.2. The third-order valence-electron chi connectivity index (χ3n) is 13.9. The lowest BCUT2D eigenvalue weighted by molar-refractivity contribution is -0.136. The van der Waals surface area contributed by atoms with E-state index in [0.29, 0.717) is 53.1 Å². The number of amides is 4. The molecule has 4 amide bonds. The summed E-state index contributed by atoms with van der Waals surface area (Å²) >= 11 is 0. The highest BCUT2D eigenvalue weighted by Gasteiger charge is 2.47. The zero-order valence-corrected chi connectivity index (χ0v) is 36.2. The number of benzene rings is 3. The quantitative estimate of drug-likeness (QED) is 0.104. The lowest BCUT2D eigenvalue weighted by Crippen LogP contribution is -2.54. The van der Waals surface area contributed by atoms with Crippen LogP contribution < -0.4 is 20.3 Å². The lowest BCUT2D eigenvalue weighted by Gasteiger charge is -2.36. The summed E-state index contributed by atoms with van der Waals surface area (Å²) in [6.45, 7) is 6.49. The summed E-state index contributed by atoms with van der Waals surface area (Å²) in [5, 5.41) is 15.0. The first-order valence-electron chi connectivity index (χ1n) is 22.4. The zero-order chi connectivity index (χ0) is 45.7. The average Bonchev–Trinajstić information content (AvgIpc) is 3.94. The fourth-order valence-corrected chi connectivity index (χ4v) is 10.3. The van der Waals surface area contributed by atoms with Crippen LogP contribution in [-0.2, 0) is 20.9 Å². The number of hydrogen-bond donors (Lipinski definition) is 3. The summed E-state index contributed by atoms with van der Waals surface area (Å²) < 4.78 is 23.5. The first kappa shape index (κ1) is 43.0. The molecule has 5 fully saturated rings. The van der Waals surface area contributed by atoms with Crippen LogP contribution in [0.4, 0.5) is 10.2 Å². The van der Waals surface area contributed by atoms with Crippen LogP contribution in [0.2, 0.25) is 0 Å². The monoisotopic (exact) mass is 893 g/mol. The number of rotatable bonds is 10. The lowest BCUT2D eigenvalue weighted by atomic mass is 9.97. The first-order chi connectivity index (χ1) is 32.0. The molecule has 4 saturated heterocycles. The molecule has 6 aliphatic rings. The van der Waals surface area contributed by atoms with Crippen molar-refractivity contribution < 1.29 is 38.2 Å². The molecular weight excluding hydrogens is 846 g/mol. The molecule has 2 aromatic heterocycles. The van der Waals surface area contributed by atoms with Crippen LogP contribution >= 0.6 is 0 Å². The van der Waals surface area contributed by atoms with Gasteiger partial charge in [0.25, 0.3) is 18.3 Å². The summed E-state index contributed by atoms with van der Waals surface area (Å²) in [4.78, 5) is 81.6. The predicted molar refractivity (Wildman–Crippen MR) is 241 cm³/mol. The molecule has 0 radical (unpaired) electrons. The molecule has 11 rings (SSSR count). The molecule has 3 atom stereocenters. The number of pyridine rings is 1. The fourth-order valence-electron chi connectivity index (χ4n) is 10.3. The fraction of sp³-hybridized carbons (Fsp3) is 0.388. The van der Waals surface area contributed by atoms with Gasteiger partial charge >= 0.3 is 6.01 Å². The Morgan fingerprint density at radius 3 is 2.33 bits per heavy atom. The van der Waals surface area contributed by atoms with Crippen LogP contribution in [-0.4, -0.2) is 135 Å². The molecule has 1 aliphatic carbocycles. The number of piperazine rings is 2. The van der Waals surface area contributed by atoms with Crippen LogP contribution in [0, 0.1) is 23.6 Å². The molecule has 5 aromatic rings. The van der Waals surface area contributed by atoms with E-state index in [2.05, 4.69) is 31.3 Å². The maximum atomic E-state index is 17.0. The molecular formula is C49H48FN9O7. The Hall–Kier alpha value is -6.87. The molecule has 2 bridgehead atoms. The topological polar surface area (TPSA) is 190 Å². The minimum Gasteiger partial charge on any atom is -0.483 e. The number of halogens is 1. The third-order valence-corrected chi connectivity index (χ3v) is 13.9. The second kappa shape index (κ2) is 17.5. The Morgan fingerprint density at radius 2 is 1.62 bits per heavy atom. The summed E-state index contributed by atoms with van der Waals surface area (Å²) in [6.07, 6.45) is 12.0. The molecule has 0 spiro atoms. The molecule has 66 heavy (non-hydrogen) atoms. The molecule has 1 saturated carbocycles. The van der Waals surface area contributed by atoms with Gasteiger partial charge in [0.1, 0.15) is 23.1 Å². The van der Waals surface area contributed by atoms with Crippen molar-refractivity contribution in [3.05, 3.63) is 88.9 Å². The van der Waals surface area contributed by atoms with Gasteiger partial charge in [-0.3, -0.25) is 44.1 Å². The molecule has 338 valence electrons. The highest BCUT2D eigenvalue weighted by atomic mass is 19.1. The van der Waals surface area contributed by atoms with Gasteiger partial charge in [-0.05, 0) is 61.3 Å². The van der Waals surface area contributed by atoms with E-state index in [1.165, 1.54) is 0 Å². The predicted octanol–water partition coefficient (Wildman–Crippen LogP) is 3.98. The van der Waals surface area contributed by atoms with Crippen LogP contribution in [0.15, 0.2) is 60.8 Å². The van der Waals surface area contributed by atoms with Gasteiger partial charge in [-0.2, -0.15) is 9.97 Å². The highest BCUT2D eigenvalue weighted by Crippen LogP contribution is 2.47. The smallest absolute Gasteiger partial charge is 0.319 e. The van der Waals surface area contributed by atoms with Crippen molar-refractivity contribution in [2.24, 2.45) is 5.41 Å². The van der Waals surface area contributed by atoms with Gasteiger partial charge in [0.05, 0.1) is 23.1 Å². The number of ether oxygens (including phenoxy) is 1. The van der Waals surface area contributed by atoms with E-state index >= 15 is 4.39 Å². The number of hydrogen-bond acceptors (Lipinski definition) is 13. The van der Waals surface area contributed by atoms with E-state index in [-0.39, 0.29) is 47.5 Å². The number of terminal acetylenes is 1. The van der Waals surface area contributed by atoms with Crippen molar-refractivity contribution >= 4 is 57.6 Å². The van der Waals surface area contributed by atoms with E-state index < -0.39 is 35.5 Å². The minimum atomic E-state index is -0.990. The Morgan fingerprint density at radius 1 is 0.909 bits per heavy atom. The number of anilines is 1. The highest BCUT2D eigenvalue weighted by molar-refractivity contribution is 6.23. The van der Waals surface area contributed by atoms with Gasteiger partial charge in [-0.1, -0.05) is 42.3 Å². The Kier molecular flexibility index (Phi) is 11.4. The third kappa shape index (κ3) is 8.09. The first-order valence-corrected chi connectivity index (χ1v) is 22.4. The van der Waals surface area contributed by atoms with Crippen molar-refractivity contribution in [2.45, 2.75) is 63.2 Å². The number of aromatic nitrogens is 3. The van der Waals surface area contributed by atoms with E-state index in [1.807, 2.05) is 42.5 Å². The van der Waals surface area contributed by atoms with Gasteiger partial charge in [-0.25, -0.2) is 4.39 Å². The van der Waals surface area contributed by atoms with Gasteiger partial charge in [0.2, 0.25) is 11.8 Å². The Bertz CT molecular complexity index is 2840. The average molecular weight is 894 g/mol. The number of nitrogens with zero attached hydrogens (tertiary/aromatic N) is 7. The van der Waals surface area contributed by atoms with Gasteiger partial charge < -0.3 is 25.0 Å². The number of piperidine rings is 1. The van der Waals surface area contributed by atoms with E-state index in [1.54, 1.807) is 18.3 Å². The van der Waals surface area contributed by atoms with Crippen LogP contribution in [0.1, 0.15) is 70.4 Å². The van der Waals surface area contributed by atoms with Crippen molar-refractivity contribution in [1.29, 1.82) is 0 Å². The summed E-state index contributed by atoms with van der Waals surface area (Å²) in [5.74, 6) is 0.842. The molecule has 3 N–H and O–H groups in total. The zero-order valence-electron chi connectivity index (χ0n) is 36.2. The van der Waals surface area contributed by atoms with Crippen molar-refractivity contribution in [3.63, 3.8) is 0 Å². The summed E-state index contributed by atoms with van der Waals surface area (Å²) in [6, 6.07) is 16.6. The largest absolute Gasteiger partial charge is 0.483 e. The number of carboxylic acid groups (broad SMARTS) is 1. The van der Waals surface area contributed by atoms with E-state index in [9.17, 15) is 19.2 Å². The van der Waals surface area contributed by atoms with E-state index in [0.717, 1.165) is 92.7 Å². The van der Waals surface area contributed by atoms with Crippen LogP contribution in [0.5, 0.6) is 6.01 Å². The van der Waals surface area contributed by atoms with Gasteiger partial charge in [0, 0.05) is 99.0 Å². The van der Waals surface area contributed by atoms with Crippen LogP contribution in [0.25, 0.3) is 32.9 Å². The maximum Gasteiger partial charge on any atom is 0.319 e. The minimum absolute atomic E-state index is 0.0629. The standard InChI is InChI=1S/C48H46FN9O5.CH2O2/c1-2-29-5-3-6-30-7-4-8-34(39(29)30)41-40(49)42-36(22-50-41)43(57-24-31-10-11-32(25-57)51-31)54-47(53-42)63-27-48(15-16-48)26-56-19-17-55(18-20-56)23-28-9-12-33-35(21-28)46(62)58(45(33)61)37-13-14-38(59)52-44(37)60;2-1-3/h1,3-9,12,21-22,31-32,37,51H,10-11,13-20,23-27H2,(H,52,59,60);1H,(H,2,3). The number of imide groups is 2. The Balaban J connectivity index is 0.00000166. The van der Waals surface area contributed by atoms with E-state index in [4.69, 9.17) is 36.0 Å². The second-order valence-corrected chi connectivity index (χ2v) is 18.2. The normalized spacial score (nSPS) is 22.5. The molecule has 7 heterocycles. The molecule has 17 heteroatoms. The van der Waals surface area contributed by atoms with Crippen molar-refractivity contribution in [3.8, 4) is 29.6 Å². The SMILES string of the molecule is C#Cc1cccc2cccc(-c3ncc4c(N5CC6CCC(C5)N6)nc(OCC5(CN6CCN(Cc7ccc8c(c7)C(=O)N(C7CCC(=O)NC7=O)C8=O)CC6)CC5)nc4c3F)c12.O=CO. The maximum absolute atomic E-state index is 17.0. The number of fused-ring (bicyclic) bond motifs is 5. The van der Waals surface area contributed by atoms with Crippen molar-refractivity contribution in [2.75, 3.05) is 57.3 Å².